The van der Waals surface area contributed by atoms with Gasteiger partial charge in [-0.1, -0.05) is 6.92 Å². The SMILES string of the molecule is CCSCc1nc(-c2ccc(OC)c(N)c2)cc(=O)[nH]1. The van der Waals surface area contributed by atoms with Crippen LogP contribution in [0.1, 0.15) is 12.7 Å². The third-order valence-corrected chi connectivity index (χ3v) is 3.64. The van der Waals surface area contributed by atoms with Crippen LogP contribution >= 0.6 is 11.8 Å². The highest BCUT2D eigenvalue weighted by Crippen LogP contribution is 2.26. The molecule has 2 rings (SSSR count). The molecule has 0 aliphatic carbocycles. The first-order valence-electron chi connectivity index (χ1n) is 6.26. The molecular weight excluding hydrogens is 274 g/mol. The van der Waals surface area contributed by atoms with E-state index in [4.69, 9.17) is 10.5 Å². The van der Waals surface area contributed by atoms with Gasteiger partial charge in [0, 0.05) is 11.6 Å². The zero-order chi connectivity index (χ0) is 14.5. The number of nitrogen functional groups attached to an aromatic ring is 1. The van der Waals surface area contributed by atoms with Crippen molar-refractivity contribution in [1.82, 2.24) is 9.97 Å². The van der Waals surface area contributed by atoms with E-state index >= 15 is 0 Å². The van der Waals surface area contributed by atoms with Gasteiger partial charge in [-0.3, -0.25) is 4.79 Å². The third-order valence-electron chi connectivity index (χ3n) is 2.76. The number of nitrogens with one attached hydrogen (secondary N) is 1. The fraction of sp³-hybridized carbons (Fsp3) is 0.286. The number of rotatable bonds is 5. The lowest BCUT2D eigenvalue weighted by Crippen LogP contribution is -2.10. The lowest BCUT2D eigenvalue weighted by atomic mass is 10.1. The molecular formula is C14H17N3O2S. The maximum absolute atomic E-state index is 11.7. The second-order valence-electron chi connectivity index (χ2n) is 4.17. The molecule has 0 atom stereocenters. The molecule has 1 heterocycles. The summed E-state index contributed by atoms with van der Waals surface area (Å²) < 4.78 is 5.12. The average Bonchev–Trinajstić information content (AvgIpc) is 2.44. The Balaban J connectivity index is 2.39. The molecule has 0 aliphatic rings. The van der Waals surface area contributed by atoms with Gasteiger partial charge in [-0.05, 0) is 24.0 Å². The Bertz CT molecular complexity index is 655. The van der Waals surface area contributed by atoms with E-state index in [9.17, 15) is 4.79 Å². The number of hydrogen-bond acceptors (Lipinski definition) is 5. The molecule has 3 N–H and O–H groups in total. The van der Waals surface area contributed by atoms with Crippen LogP contribution in [0, 0.1) is 0 Å². The molecule has 20 heavy (non-hydrogen) atoms. The van der Waals surface area contributed by atoms with Gasteiger partial charge in [0.05, 0.1) is 24.2 Å². The van der Waals surface area contributed by atoms with Gasteiger partial charge in [-0.15, -0.1) is 0 Å². The molecule has 2 aromatic rings. The Morgan fingerprint density at radius 3 is 2.85 bits per heavy atom. The standard InChI is InChI=1S/C14H17N3O2S/c1-3-20-8-13-16-11(7-14(18)17-13)9-4-5-12(19-2)10(15)6-9/h4-7H,3,8,15H2,1-2H3,(H,16,17,18). The minimum Gasteiger partial charge on any atom is -0.495 e. The van der Waals surface area contributed by atoms with Gasteiger partial charge in [-0.25, -0.2) is 4.98 Å². The van der Waals surface area contributed by atoms with E-state index in [1.165, 1.54) is 6.07 Å². The summed E-state index contributed by atoms with van der Waals surface area (Å²) in [5, 5.41) is 0. The maximum Gasteiger partial charge on any atom is 0.251 e. The highest BCUT2D eigenvalue weighted by molar-refractivity contribution is 7.98. The van der Waals surface area contributed by atoms with Gasteiger partial charge in [-0.2, -0.15) is 11.8 Å². The Labute approximate surface area is 121 Å². The minimum absolute atomic E-state index is 0.156. The van der Waals surface area contributed by atoms with Crippen molar-refractivity contribution in [2.75, 3.05) is 18.6 Å². The Morgan fingerprint density at radius 1 is 1.40 bits per heavy atom. The molecule has 0 radical (unpaired) electrons. The summed E-state index contributed by atoms with van der Waals surface area (Å²) >= 11 is 1.71. The Morgan fingerprint density at radius 2 is 2.20 bits per heavy atom. The molecule has 0 saturated heterocycles. The van der Waals surface area contributed by atoms with Crippen LogP contribution < -0.4 is 16.0 Å². The van der Waals surface area contributed by atoms with Crippen LogP contribution in [-0.2, 0) is 5.75 Å². The number of nitrogens with two attached hydrogens (primary N) is 1. The number of anilines is 1. The lowest BCUT2D eigenvalue weighted by Gasteiger charge is -2.08. The van der Waals surface area contributed by atoms with Crippen molar-refractivity contribution in [2.45, 2.75) is 12.7 Å². The molecule has 0 fully saturated rings. The number of thioether (sulfide) groups is 1. The largest absolute Gasteiger partial charge is 0.495 e. The zero-order valence-corrected chi connectivity index (χ0v) is 12.3. The van der Waals surface area contributed by atoms with Gasteiger partial charge < -0.3 is 15.5 Å². The summed E-state index contributed by atoms with van der Waals surface area (Å²) in [4.78, 5) is 18.9. The summed E-state index contributed by atoms with van der Waals surface area (Å²) in [7, 11) is 1.57. The van der Waals surface area contributed by atoms with E-state index < -0.39 is 0 Å². The van der Waals surface area contributed by atoms with E-state index in [1.807, 2.05) is 6.07 Å². The fourth-order valence-electron chi connectivity index (χ4n) is 1.82. The van der Waals surface area contributed by atoms with Crippen LogP contribution in [0.5, 0.6) is 5.75 Å². The molecule has 1 aromatic carbocycles. The van der Waals surface area contributed by atoms with Gasteiger partial charge in [0.1, 0.15) is 11.6 Å². The van der Waals surface area contributed by atoms with Crippen molar-refractivity contribution < 1.29 is 4.74 Å². The zero-order valence-electron chi connectivity index (χ0n) is 11.5. The van der Waals surface area contributed by atoms with Gasteiger partial charge in [0.25, 0.3) is 5.56 Å². The predicted octanol–water partition coefficient (Wildman–Crippen LogP) is 2.28. The van der Waals surface area contributed by atoms with Gasteiger partial charge in [0.2, 0.25) is 0 Å². The van der Waals surface area contributed by atoms with E-state index in [-0.39, 0.29) is 5.56 Å². The maximum atomic E-state index is 11.7. The van der Waals surface area contributed by atoms with Gasteiger partial charge in [0.15, 0.2) is 0 Å². The molecule has 106 valence electrons. The van der Waals surface area contributed by atoms with Crippen molar-refractivity contribution in [3.63, 3.8) is 0 Å². The third kappa shape index (κ3) is 3.33. The lowest BCUT2D eigenvalue weighted by molar-refractivity contribution is 0.417. The first-order chi connectivity index (χ1) is 9.63. The predicted molar refractivity (Wildman–Crippen MR) is 83.1 cm³/mol. The molecule has 1 aromatic heterocycles. The normalized spacial score (nSPS) is 10.5. The molecule has 0 saturated carbocycles. The van der Waals surface area contributed by atoms with Crippen molar-refractivity contribution >= 4 is 17.4 Å². The molecule has 0 unspecified atom stereocenters. The van der Waals surface area contributed by atoms with Crippen LogP contribution in [-0.4, -0.2) is 22.8 Å². The smallest absolute Gasteiger partial charge is 0.251 e. The summed E-state index contributed by atoms with van der Waals surface area (Å²) in [6.45, 7) is 2.07. The number of benzene rings is 1. The van der Waals surface area contributed by atoms with E-state index in [2.05, 4.69) is 16.9 Å². The fourth-order valence-corrected chi connectivity index (χ4v) is 2.35. The first kappa shape index (κ1) is 14.5. The van der Waals surface area contributed by atoms with E-state index in [0.717, 1.165) is 11.3 Å². The molecule has 0 aliphatic heterocycles. The molecule has 6 heteroatoms. The van der Waals surface area contributed by atoms with Crippen LogP contribution in [0.4, 0.5) is 5.69 Å². The Kier molecular flexibility index (Phi) is 4.68. The minimum atomic E-state index is -0.156. The summed E-state index contributed by atoms with van der Waals surface area (Å²) in [5.74, 6) is 2.95. The van der Waals surface area contributed by atoms with Crippen molar-refractivity contribution in [3.05, 3.63) is 40.4 Å². The quantitative estimate of drug-likeness (QED) is 0.826. The first-order valence-corrected chi connectivity index (χ1v) is 7.41. The molecule has 0 spiro atoms. The van der Waals surface area contributed by atoms with E-state index in [0.29, 0.717) is 28.7 Å². The summed E-state index contributed by atoms with van der Waals surface area (Å²) in [6.07, 6.45) is 0. The number of ether oxygens (including phenoxy) is 1. The average molecular weight is 291 g/mol. The van der Waals surface area contributed by atoms with E-state index in [1.54, 1.807) is 31.0 Å². The monoisotopic (exact) mass is 291 g/mol. The summed E-state index contributed by atoms with van der Waals surface area (Å²) in [6, 6.07) is 6.85. The molecule has 0 amide bonds. The van der Waals surface area contributed by atoms with Crippen molar-refractivity contribution in [1.29, 1.82) is 0 Å². The van der Waals surface area contributed by atoms with Crippen molar-refractivity contribution in [3.8, 4) is 17.0 Å². The Hall–Kier alpha value is -1.95. The summed E-state index contributed by atoms with van der Waals surface area (Å²) in [5.41, 5.74) is 7.67. The van der Waals surface area contributed by atoms with Crippen molar-refractivity contribution in [2.24, 2.45) is 0 Å². The van der Waals surface area contributed by atoms with Gasteiger partial charge >= 0.3 is 0 Å². The van der Waals surface area contributed by atoms with Crippen LogP contribution in [0.3, 0.4) is 0 Å². The number of H-pyrrole nitrogens is 1. The molecule has 0 bridgehead atoms. The number of nitrogens with zero attached hydrogens (tertiary/aromatic N) is 1. The highest BCUT2D eigenvalue weighted by Gasteiger charge is 2.07. The van der Waals surface area contributed by atoms with Crippen LogP contribution in [0.15, 0.2) is 29.1 Å². The number of hydrogen-bond donors (Lipinski definition) is 2. The highest BCUT2D eigenvalue weighted by atomic mass is 32.2. The second-order valence-corrected chi connectivity index (χ2v) is 5.45. The topological polar surface area (TPSA) is 81.0 Å². The number of aromatic amines is 1. The second kappa shape index (κ2) is 6.47. The van der Waals surface area contributed by atoms with Crippen LogP contribution in [0.2, 0.25) is 0 Å². The number of methoxy groups -OCH3 is 1. The van der Waals surface area contributed by atoms with Crippen LogP contribution in [0.25, 0.3) is 11.3 Å². The molecule has 5 nitrogen and oxygen atoms in total. The number of aromatic nitrogens is 2.